The highest BCUT2D eigenvalue weighted by molar-refractivity contribution is 5.99. The molecule has 4 rings (SSSR count). The van der Waals surface area contributed by atoms with Crippen LogP contribution in [0.4, 0.5) is 0 Å². The zero-order valence-corrected chi connectivity index (χ0v) is 18.0. The van der Waals surface area contributed by atoms with E-state index >= 15 is 0 Å². The van der Waals surface area contributed by atoms with Gasteiger partial charge >= 0.3 is 0 Å². The molecule has 3 aromatic rings. The van der Waals surface area contributed by atoms with E-state index in [9.17, 15) is 9.59 Å². The Morgan fingerprint density at radius 3 is 2.24 bits per heavy atom. The molecule has 0 saturated heterocycles. The first kappa shape index (κ1) is 21.9. The molecule has 0 saturated carbocycles. The minimum absolute atomic E-state index is 0.303. The predicted octanol–water partition coefficient (Wildman–Crippen LogP) is 2.91. The van der Waals surface area contributed by atoms with Gasteiger partial charge in [0.1, 0.15) is 19.8 Å². The van der Waals surface area contributed by atoms with Crippen molar-refractivity contribution in [3.8, 4) is 23.0 Å². The van der Waals surface area contributed by atoms with E-state index in [0.717, 1.165) is 5.56 Å². The molecule has 0 bridgehead atoms. The Kier molecular flexibility index (Phi) is 6.89. The largest absolute Gasteiger partial charge is 0.490 e. The van der Waals surface area contributed by atoms with Crippen molar-refractivity contribution in [3.63, 3.8) is 0 Å². The van der Waals surface area contributed by atoms with E-state index in [1.807, 2.05) is 19.1 Å². The van der Waals surface area contributed by atoms with Gasteiger partial charge in [0, 0.05) is 23.5 Å². The fourth-order valence-corrected chi connectivity index (χ4v) is 3.12. The smallest absolute Gasteiger partial charge is 0.269 e. The number of nitrogens with zero attached hydrogens (tertiary/aromatic N) is 1. The highest BCUT2D eigenvalue weighted by Crippen LogP contribution is 2.31. The Hall–Kier alpha value is -4.27. The fraction of sp³-hybridized carbons (Fsp3) is 0.208. The molecule has 2 aromatic carbocycles. The van der Waals surface area contributed by atoms with Crippen LogP contribution in [0.1, 0.15) is 33.2 Å². The van der Waals surface area contributed by atoms with Crippen LogP contribution in [0.2, 0.25) is 0 Å². The first-order valence-corrected chi connectivity index (χ1v) is 10.4. The lowest BCUT2D eigenvalue weighted by molar-refractivity contribution is 0.0846. The van der Waals surface area contributed by atoms with Crippen LogP contribution in [0, 0.1) is 0 Å². The topological polar surface area (TPSA) is 108 Å². The summed E-state index contributed by atoms with van der Waals surface area (Å²) in [6, 6.07) is 13.3. The third-order valence-corrected chi connectivity index (χ3v) is 4.74. The lowest BCUT2D eigenvalue weighted by Crippen LogP contribution is -2.41. The normalized spacial score (nSPS) is 11.9. The second-order valence-corrected chi connectivity index (χ2v) is 7.01. The molecule has 1 aromatic heterocycles. The maximum atomic E-state index is 12.6. The molecule has 0 unspecified atom stereocenters. The van der Waals surface area contributed by atoms with Crippen LogP contribution in [-0.4, -0.2) is 36.6 Å². The van der Waals surface area contributed by atoms with E-state index in [0.29, 0.717) is 60.6 Å². The number of fused-ring (bicyclic) bond motifs is 1. The molecule has 1 aliphatic rings. The fourth-order valence-electron chi connectivity index (χ4n) is 3.12. The Balaban J connectivity index is 1.39. The summed E-state index contributed by atoms with van der Waals surface area (Å²) in [5.74, 6) is 1.02. The minimum Gasteiger partial charge on any atom is -0.490 e. The number of hydrogen-bond acceptors (Lipinski definition) is 7. The molecule has 1 aliphatic heterocycles. The molecule has 33 heavy (non-hydrogen) atoms. The standard InChI is InChI=1S/C24H23N3O6/c1-2-30-21-13-17(4-6-20(21)33-15-16-7-9-25-10-8-16)23(28)26-27-24(29)18-3-5-19-22(14-18)32-12-11-31-19/h3-10,13-14H,2,11-12,15H2,1H3,(H,26,28)(H,27,29). The lowest BCUT2D eigenvalue weighted by Gasteiger charge is -2.18. The first-order valence-electron chi connectivity index (χ1n) is 10.4. The van der Waals surface area contributed by atoms with Gasteiger partial charge in [-0.3, -0.25) is 25.4 Å². The van der Waals surface area contributed by atoms with Crippen LogP contribution in [0.3, 0.4) is 0 Å². The van der Waals surface area contributed by atoms with E-state index in [2.05, 4.69) is 15.8 Å². The predicted molar refractivity (Wildman–Crippen MR) is 119 cm³/mol. The van der Waals surface area contributed by atoms with Crippen molar-refractivity contribution in [1.29, 1.82) is 0 Å². The Labute approximate surface area is 190 Å². The second kappa shape index (κ2) is 10.4. The molecule has 2 amide bonds. The molecule has 0 spiro atoms. The third kappa shape index (κ3) is 5.51. The Morgan fingerprint density at radius 1 is 0.848 bits per heavy atom. The number of hydrazine groups is 1. The van der Waals surface area contributed by atoms with E-state index in [1.54, 1.807) is 48.8 Å². The van der Waals surface area contributed by atoms with E-state index in [1.165, 1.54) is 0 Å². The molecule has 0 aliphatic carbocycles. The van der Waals surface area contributed by atoms with Crippen LogP contribution in [0.5, 0.6) is 23.0 Å². The van der Waals surface area contributed by atoms with Gasteiger partial charge in [-0.05, 0) is 61.0 Å². The van der Waals surface area contributed by atoms with Crippen molar-refractivity contribution in [2.75, 3.05) is 19.8 Å². The quantitative estimate of drug-likeness (QED) is 0.534. The van der Waals surface area contributed by atoms with Crippen molar-refractivity contribution >= 4 is 11.8 Å². The molecular formula is C24H23N3O6. The number of pyridine rings is 1. The van der Waals surface area contributed by atoms with Gasteiger partial charge in [0.05, 0.1) is 6.61 Å². The summed E-state index contributed by atoms with van der Waals surface area (Å²) in [6.07, 6.45) is 3.38. The van der Waals surface area contributed by atoms with Crippen molar-refractivity contribution < 1.29 is 28.5 Å². The number of rotatable bonds is 7. The minimum atomic E-state index is -0.498. The monoisotopic (exact) mass is 449 g/mol. The van der Waals surface area contributed by atoms with Gasteiger partial charge in [-0.15, -0.1) is 0 Å². The first-order chi connectivity index (χ1) is 16.1. The number of hydrogen-bond donors (Lipinski definition) is 2. The number of nitrogens with one attached hydrogen (secondary N) is 2. The average molecular weight is 449 g/mol. The summed E-state index contributed by atoms with van der Waals surface area (Å²) >= 11 is 0. The van der Waals surface area contributed by atoms with Gasteiger partial charge in [0.2, 0.25) is 0 Å². The van der Waals surface area contributed by atoms with Crippen LogP contribution in [0.25, 0.3) is 0 Å². The summed E-state index contributed by atoms with van der Waals surface area (Å²) in [6.45, 7) is 3.45. The van der Waals surface area contributed by atoms with Gasteiger partial charge in [0.25, 0.3) is 11.8 Å². The van der Waals surface area contributed by atoms with Gasteiger partial charge in [0.15, 0.2) is 23.0 Å². The van der Waals surface area contributed by atoms with E-state index in [4.69, 9.17) is 18.9 Å². The SMILES string of the molecule is CCOc1cc(C(=O)NNC(=O)c2ccc3c(c2)OCCO3)ccc1OCc1ccncc1. The number of amides is 2. The van der Waals surface area contributed by atoms with Crippen molar-refractivity contribution in [3.05, 3.63) is 77.6 Å². The van der Waals surface area contributed by atoms with Gasteiger partial charge in [-0.1, -0.05) is 0 Å². The molecule has 2 heterocycles. The summed E-state index contributed by atoms with van der Waals surface area (Å²) in [5, 5.41) is 0. The molecule has 0 atom stereocenters. The van der Waals surface area contributed by atoms with Crippen LogP contribution in [-0.2, 0) is 6.61 Å². The van der Waals surface area contributed by atoms with Crippen LogP contribution < -0.4 is 29.8 Å². The molecular weight excluding hydrogens is 426 g/mol. The van der Waals surface area contributed by atoms with E-state index in [-0.39, 0.29) is 0 Å². The number of aromatic nitrogens is 1. The lowest BCUT2D eigenvalue weighted by atomic mass is 10.2. The number of benzene rings is 2. The summed E-state index contributed by atoms with van der Waals surface area (Å²) in [5.41, 5.74) is 6.40. The number of ether oxygens (including phenoxy) is 4. The highest BCUT2D eigenvalue weighted by atomic mass is 16.6. The average Bonchev–Trinajstić information content (AvgIpc) is 2.86. The van der Waals surface area contributed by atoms with Crippen molar-refractivity contribution in [1.82, 2.24) is 15.8 Å². The van der Waals surface area contributed by atoms with Crippen LogP contribution in [0.15, 0.2) is 60.9 Å². The zero-order chi connectivity index (χ0) is 23.0. The summed E-state index contributed by atoms with van der Waals surface area (Å²) < 4.78 is 22.4. The number of carbonyl (C=O) groups is 2. The van der Waals surface area contributed by atoms with Gasteiger partial charge in [-0.25, -0.2) is 0 Å². The Morgan fingerprint density at radius 2 is 1.52 bits per heavy atom. The molecule has 2 N–H and O–H groups in total. The van der Waals surface area contributed by atoms with Crippen molar-refractivity contribution in [2.45, 2.75) is 13.5 Å². The van der Waals surface area contributed by atoms with E-state index < -0.39 is 11.8 Å². The molecule has 9 nitrogen and oxygen atoms in total. The van der Waals surface area contributed by atoms with Crippen LogP contribution >= 0.6 is 0 Å². The van der Waals surface area contributed by atoms with Crippen molar-refractivity contribution in [2.24, 2.45) is 0 Å². The zero-order valence-electron chi connectivity index (χ0n) is 18.0. The maximum absolute atomic E-state index is 12.6. The Bertz CT molecular complexity index is 1140. The molecule has 0 fully saturated rings. The maximum Gasteiger partial charge on any atom is 0.269 e. The molecule has 170 valence electrons. The molecule has 0 radical (unpaired) electrons. The summed E-state index contributed by atoms with van der Waals surface area (Å²) in [4.78, 5) is 29.0. The third-order valence-electron chi connectivity index (χ3n) is 4.74. The number of carbonyl (C=O) groups excluding carboxylic acids is 2. The highest BCUT2D eigenvalue weighted by Gasteiger charge is 2.16. The second-order valence-electron chi connectivity index (χ2n) is 7.01. The van der Waals surface area contributed by atoms with Gasteiger partial charge < -0.3 is 18.9 Å². The molecule has 9 heteroatoms. The summed E-state index contributed by atoms with van der Waals surface area (Å²) in [7, 11) is 0. The van der Waals surface area contributed by atoms with Gasteiger partial charge in [-0.2, -0.15) is 0 Å².